The van der Waals surface area contributed by atoms with Crippen molar-refractivity contribution >= 4 is 11.8 Å². The lowest BCUT2D eigenvalue weighted by Crippen LogP contribution is -2.10. The van der Waals surface area contributed by atoms with Crippen molar-refractivity contribution in [1.82, 2.24) is 9.97 Å². The van der Waals surface area contributed by atoms with Gasteiger partial charge in [0.25, 0.3) is 0 Å². The van der Waals surface area contributed by atoms with E-state index in [1.807, 2.05) is 24.3 Å². The van der Waals surface area contributed by atoms with Gasteiger partial charge in [-0.15, -0.1) is 0 Å². The minimum Gasteiger partial charge on any atom is -0.493 e. The number of methoxy groups -OCH3 is 2. The maximum atomic E-state index is 5.32. The third-order valence-corrected chi connectivity index (χ3v) is 3.36. The molecule has 0 aliphatic heterocycles. The molecule has 23 heavy (non-hydrogen) atoms. The van der Waals surface area contributed by atoms with E-state index in [0.717, 1.165) is 48.8 Å². The van der Waals surface area contributed by atoms with E-state index in [2.05, 4.69) is 27.5 Å². The minimum atomic E-state index is 0.631. The Morgan fingerprint density at radius 1 is 1.00 bits per heavy atom. The molecule has 124 valence electrons. The van der Waals surface area contributed by atoms with E-state index in [9.17, 15) is 0 Å². The minimum absolute atomic E-state index is 0.631. The van der Waals surface area contributed by atoms with Crippen LogP contribution in [0.25, 0.3) is 0 Å². The zero-order valence-corrected chi connectivity index (χ0v) is 13.9. The molecule has 0 saturated carbocycles. The normalized spacial score (nSPS) is 10.2. The van der Waals surface area contributed by atoms with Gasteiger partial charge in [-0.1, -0.05) is 13.0 Å². The van der Waals surface area contributed by atoms with Gasteiger partial charge in [-0.3, -0.25) is 0 Å². The lowest BCUT2D eigenvalue weighted by Gasteiger charge is -2.10. The summed E-state index contributed by atoms with van der Waals surface area (Å²) in [5.74, 6) is 2.95. The maximum Gasteiger partial charge on any atom is 0.224 e. The first-order chi connectivity index (χ1) is 11.3. The molecule has 0 saturated heterocycles. The summed E-state index contributed by atoms with van der Waals surface area (Å²) in [5, 5.41) is 6.49. The summed E-state index contributed by atoms with van der Waals surface area (Å²) >= 11 is 0. The number of nitrogens with zero attached hydrogens (tertiary/aromatic N) is 2. The van der Waals surface area contributed by atoms with Crippen LogP contribution in [0.3, 0.4) is 0 Å². The number of hydrogen-bond acceptors (Lipinski definition) is 6. The fourth-order valence-electron chi connectivity index (χ4n) is 2.15. The summed E-state index contributed by atoms with van der Waals surface area (Å²) in [5.41, 5.74) is 1.16. The fraction of sp³-hybridized carbons (Fsp3) is 0.412. The molecule has 0 amide bonds. The zero-order chi connectivity index (χ0) is 16.5. The number of rotatable bonds is 9. The number of nitrogens with one attached hydrogen (secondary N) is 2. The van der Waals surface area contributed by atoms with Crippen molar-refractivity contribution in [2.24, 2.45) is 0 Å². The Kier molecular flexibility index (Phi) is 6.47. The summed E-state index contributed by atoms with van der Waals surface area (Å²) < 4.78 is 10.6. The van der Waals surface area contributed by atoms with Crippen molar-refractivity contribution in [2.75, 3.05) is 37.9 Å². The van der Waals surface area contributed by atoms with Crippen LogP contribution in [0, 0.1) is 0 Å². The van der Waals surface area contributed by atoms with Crippen molar-refractivity contribution in [1.29, 1.82) is 0 Å². The average molecular weight is 316 g/mol. The molecule has 6 nitrogen and oxygen atoms in total. The maximum absolute atomic E-state index is 5.32. The lowest BCUT2D eigenvalue weighted by atomic mass is 10.1. The van der Waals surface area contributed by atoms with Gasteiger partial charge in [0.15, 0.2) is 11.5 Å². The highest BCUT2D eigenvalue weighted by atomic mass is 16.5. The molecule has 0 spiro atoms. The monoisotopic (exact) mass is 316 g/mol. The molecule has 0 radical (unpaired) electrons. The molecule has 6 heteroatoms. The first-order valence-corrected chi connectivity index (χ1v) is 7.78. The van der Waals surface area contributed by atoms with Crippen LogP contribution in [0.5, 0.6) is 11.5 Å². The van der Waals surface area contributed by atoms with Crippen LogP contribution in [0.1, 0.15) is 18.9 Å². The fourth-order valence-corrected chi connectivity index (χ4v) is 2.15. The molecule has 0 bridgehead atoms. The van der Waals surface area contributed by atoms with E-state index >= 15 is 0 Å². The molecule has 0 aliphatic rings. The molecule has 0 unspecified atom stereocenters. The summed E-state index contributed by atoms with van der Waals surface area (Å²) in [4.78, 5) is 8.66. The van der Waals surface area contributed by atoms with Gasteiger partial charge in [0, 0.05) is 19.3 Å². The Hall–Kier alpha value is -2.50. The Morgan fingerprint density at radius 2 is 1.83 bits per heavy atom. The second-order valence-electron chi connectivity index (χ2n) is 5.06. The third-order valence-electron chi connectivity index (χ3n) is 3.36. The highest BCUT2D eigenvalue weighted by Crippen LogP contribution is 2.27. The van der Waals surface area contributed by atoms with E-state index < -0.39 is 0 Å². The first-order valence-electron chi connectivity index (χ1n) is 7.78. The zero-order valence-electron chi connectivity index (χ0n) is 13.9. The second-order valence-corrected chi connectivity index (χ2v) is 5.06. The number of benzene rings is 1. The van der Waals surface area contributed by atoms with E-state index in [0.29, 0.717) is 5.95 Å². The molecule has 0 atom stereocenters. The molecule has 1 aromatic heterocycles. The summed E-state index contributed by atoms with van der Waals surface area (Å²) in [6.45, 7) is 3.77. The lowest BCUT2D eigenvalue weighted by molar-refractivity contribution is 0.354. The largest absolute Gasteiger partial charge is 0.493 e. The predicted octanol–water partition coefficient (Wildman–Crippen LogP) is 2.97. The second kappa shape index (κ2) is 8.82. The molecule has 1 heterocycles. The predicted molar refractivity (Wildman–Crippen MR) is 92.6 cm³/mol. The van der Waals surface area contributed by atoms with Gasteiger partial charge in [-0.25, -0.2) is 4.98 Å². The Labute approximate surface area is 137 Å². The highest BCUT2D eigenvalue weighted by Gasteiger charge is 2.05. The van der Waals surface area contributed by atoms with Gasteiger partial charge >= 0.3 is 0 Å². The first kappa shape index (κ1) is 16.9. The van der Waals surface area contributed by atoms with Gasteiger partial charge < -0.3 is 20.1 Å². The van der Waals surface area contributed by atoms with E-state index in [4.69, 9.17) is 9.47 Å². The van der Waals surface area contributed by atoms with Gasteiger partial charge in [0.2, 0.25) is 5.95 Å². The van der Waals surface area contributed by atoms with Crippen LogP contribution in [-0.2, 0) is 6.42 Å². The molecule has 2 N–H and O–H groups in total. The van der Waals surface area contributed by atoms with Crippen LogP contribution in [0.2, 0.25) is 0 Å². The molecule has 1 aromatic carbocycles. The number of ether oxygens (including phenoxy) is 2. The highest BCUT2D eigenvalue weighted by molar-refractivity contribution is 5.43. The quantitative estimate of drug-likeness (QED) is 0.741. The van der Waals surface area contributed by atoms with Gasteiger partial charge in [0.05, 0.1) is 14.2 Å². The van der Waals surface area contributed by atoms with Crippen LogP contribution in [0.15, 0.2) is 30.5 Å². The summed E-state index contributed by atoms with van der Waals surface area (Å²) in [6, 6.07) is 7.80. The molecule has 0 fully saturated rings. The van der Waals surface area contributed by atoms with Gasteiger partial charge in [0.1, 0.15) is 5.82 Å². The van der Waals surface area contributed by atoms with Crippen LogP contribution in [0.4, 0.5) is 11.8 Å². The Morgan fingerprint density at radius 3 is 2.57 bits per heavy atom. The van der Waals surface area contributed by atoms with E-state index in [1.165, 1.54) is 0 Å². The van der Waals surface area contributed by atoms with E-state index in [-0.39, 0.29) is 0 Å². The summed E-state index contributed by atoms with van der Waals surface area (Å²) in [6.07, 6.45) is 3.66. The van der Waals surface area contributed by atoms with Gasteiger partial charge in [-0.05, 0) is 36.6 Å². The SMILES string of the molecule is CCCNc1ccnc(NCCc2ccc(OC)c(OC)c2)n1. The summed E-state index contributed by atoms with van der Waals surface area (Å²) in [7, 11) is 3.28. The number of anilines is 2. The van der Waals surface area contributed by atoms with Crippen molar-refractivity contribution < 1.29 is 9.47 Å². The van der Waals surface area contributed by atoms with Crippen LogP contribution in [-0.4, -0.2) is 37.3 Å². The van der Waals surface area contributed by atoms with Crippen molar-refractivity contribution in [3.8, 4) is 11.5 Å². The molecular weight excluding hydrogens is 292 g/mol. The Balaban J connectivity index is 1.89. The van der Waals surface area contributed by atoms with Crippen LogP contribution >= 0.6 is 0 Å². The molecule has 2 aromatic rings. The third kappa shape index (κ3) is 5.02. The van der Waals surface area contributed by atoms with Crippen molar-refractivity contribution in [3.05, 3.63) is 36.0 Å². The van der Waals surface area contributed by atoms with Crippen molar-refractivity contribution in [3.63, 3.8) is 0 Å². The molecule has 0 aliphatic carbocycles. The number of hydrogen-bond donors (Lipinski definition) is 2. The van der Waals surface area contributed by atoms with Crippen LogP contribution < -0.4 is 20.1 Å². The number of aromatic nitrogens is 2. The topological polar surface area (TPSA) is 68.3 Å². The average Bonchev–Trinajstić information content (AvgIpc) is 2.60. The van der Waals surface area contributed by atoms with Crippen molar-refractivity contribution in [2.45, 2.75) is 19.8 Å². The van der Waals surface area contributed by atoms with E-state index in [1.54, 1.807) is 20.4 Å². The molecular formula is C17H24N4O2. The van der Waals surface area contributed by atoms with Gasteiger partial charge in [-0.2, -0.15) is 4.98 Å². The Bertz CT molecular complexity index is 619. The standard InChI is InChI=1S/C17H24N4O2/c1-4-9-18-16-8-11-20-17(21-16)19-10-7-13-5-6-14(22-2)15(12-13)23-3/h5-6,8,11-12H,4,7,9-10H2,1-3H3,(H2,18,19,20,21). The molecule has 2 rings (SSSR count). The smallest absolute Gasteiger partial charge is 0.224 e.